The normalized spacial score (nSPS) is 21.8. The molecule has 6 heterocycles. The molecule has 3 aliphatic rings. The van der Waals surface area contributed by atoms with Crippen LogP contribution < -0.4 is 0 Å². The second-order valence-electron chi connectivity index (χ2n) is 22.2. The van der Waals surface area contributed by atoms with Gasteiger partial charge >= 0.3 is 0 Å². The fourth-order valence-corrected chi connectivity index (χ4v) is 17.2. The molecule has 3 aliphatic heterocycles. The molecule has 3 saturated heterocycles. The highest BCUT2D eigenvalue weighted by Crippen LogP contribution is 2.53. The molecular weight excluding hydrogens is 1120 g/mol. The number of rotatable bonds is 15. The minimum atomic E-state index is 0.0364. The molecule has 3 aromatic heterocycles. The monoisotopic (exact) mass is 1190 g/mol. The summed E-state index contributed by atoms with van der Waals surface area (Å²) in [6.45, 7) is 31.7. The van der Waals surface area contributed by atoms with Gasteiger partial charge in [0.05, 0.1) is 17.1 Å². The number of hydrogen-bond acceptors (Lipinski definition) is 12. The van der Waals surface area contributed by atoms with Gasteiger partial charge in [-0.05, 0) is 266 Å². The quantitative estimate of drug-likeness (QED) is 0.0935. The van der Waals surface area contributed by atoms with Crippen molar-refractivity contribution >= 4 is 103 Å². The number of aromatic nitrogens is 3. The van der Waals surface area contributed by atoms with Crippen LogP contribution in [0.4, 0.5) is 17.1 Å². The Bertz CT molecular complexity index is 3620. The van der Waals surface area contributed by atoms with Gasteiger partial charge in [0.15, 0.2) is 0 Å². The standard InChI is InChI=1S/C70H76N6S6/c1-14-70(15-2)39-55(40-77-65-32-44(4)27-30-72-65)67(80-53(70)13)76-61-26-22-47(7)58(52(61)12)35-51(11)63-37-49(9)59(41-78-64-18-16-17-29-71-64)69(82-63)75-57-25-21-46(6)54(38-57)34-50(10)62-36-48(8)60(42-79-66-33-45(5)28-31-73-66)68(81-62)74-56-23-19-43(3)20-24-56/h16-33,38,40-42,48-49H,13-15,34-37,39H2,1-12H3/b55-40+,59-41+,60-42+,62-50+,63-51+,74-68?,75-69?,76-67?. The van der Waals surface area contributed by atoms with Crippen LogP contribution >= 0.6 is 70.6 Å². The summed E-state index contributed by atoms with van der Waals surface area (Å²) >= 11 is 10.5. The fraction of sp³-hybridized carbons (Fsp3) is 0.314. The summed E-state index contributed by atoms with van der Waals surface area (Å²) in [5.74, 6) is 0.534. The third kappa shape index (κ3) is 15.3. The smallest absolute Gasteiger partial charge is 0.105 e. The van der Waals surface area contributed by atoms with Crippen LogP contribution in [0.2, 0.25) is 0 Å². The predicted octanol–water partition coefficient (Wildman–Crippen LogP) is 21.9. The zero-order chi connectivity index (χ0) is 58.1. The lowest BCUT2D eigenvalue weighted by Crippen LogP contribution is -2.27. The molecular formula is C70H76N6S6. The van der Waals surface area contributed by atoms with Gasteiger partial charge in [-0.3, -0.25) is 0 Å². The van der Waals surface area contributed by atoms with E-state index in [-0.39, 0.29) is 17.3 Å². The van der Waals surface area contributed by atoms with Crippen molar-refractivity contribution < 1.29 is 0 Å². The Kier molecular flexibility index (Phi) is 20.9. The summed E-state index contributed by atoms with van der Waals surface area (Å²) in [5.41, 5.74) is 19.5. The van der Waals surface area contributed by atoms with Crippen molar-refractivity contribution in [3.05, 3.63) is 226 Å². The zero-order valence-electron chi connectivity index (χ0n) is 49.6. The maximum absolute atomic E-state index is 5.60. The second-order valence-corrected chi connectivity index (χ2v) is 28.1. The first-order valence-electron chi connectivity index (χ1n) is 28.5. The van der Waals surface area contributed by atoms with E-state index in [0.29, 0.717) is 0 Å². The van der Waals surface area contributed by atoms with Crippen LogP contribution in [-0.4, -0.2) is 30.1 Å². The summed E-state index contributed by atoms with van der Waals surface area (Å²) in [6, 6.07) is 34.3. The van der Waals surface area contributed by atoms with Crippen molar-refractivity contribution in [2.45, 2.75) is 143 Å². The molecule has 0 radical (unpaired) electrons. The lowest BCUT2D eigenvalue weighted by Gasteiger charge is -2.39. The third-order valence-corrected chi connectivity index (χ3v) is 22.4. The molecule has 12 heteroatoms. The molecule has 0 amide bonds. The van der Waals surface area contributed by atoms with Crippen molar-refractivity contribution in [3.63, 3.8) is 0 Å². The Balaban J connectivity index is 1.01. The molecule has 2 atom stereocenters. The topological polar surface area (TPSA) is 75.8 Å². The average molecular weight is 1190 g/mol. The van der Waals surface area contributed by atoms with Gasteiger partial charge in [-0.15, -0.1) is 0 Å². The van der Waals surface area contributed by atoms with Crippen molar-refractivity contribution in [2.75, 3.05) is 0 Å². The van der Waals surface area contributed by atoms with E-state index in [2.05, 4.69) is 206 Å². The van der Waals surface area contributed by atoms with Crippen LogP contribution in [0.15, 0.2) is 211 Å². The summed E-state index contributed by atoms with van der Waals surface area (Å²) in [5, 5.41) is 13.0. The van der Waals surface area contributed by atoms with Gasteiger partial charge in [-0.2, -0.15) is 0 Å². The third-order valence-electron chi connectivity index (χ3n) is 16.0. The van der Waals surface area contributed by atoms with Gasteiger partial charge in [0.25, 0.3) is 0 Å². The first kappa shape index (κ1) is 61.2. The Morgan fingerprint density at radius 1 is 0.585 bits per heavy atom. The number of thioether (sulfide) groups is 6. The number of benzene rings is 3. The zero-order valence-corrected chi connectivity index (χ0v) is 54.5. The number of hydrogen-bond donors (Lipinski definition) is 0. The molecule has 3 aromatic carbocycles. The van der Waals surface area contributed by atoms with Crippen LogP contribution in [0.25, 0.3) is 0 Å². The van der Waals surface area contributed by atoms with Gasteiger partial charge < -0.3 is 0 Å². The van der Waals surface area contributed by atoms with Crippen LogP contribution in [0, 0.1) is 58.8 Å². The predicted molar refractivity (Wildman–Crippen MR) is 363 cm³/mol. The van der Waals surface area contributed by atoms with E-state index in [1.54, 1.807) is 47.0 Å². The van der Waals surface area contributed by atoms with E-state index < -0.39 is 0 Å². The Hall–Kier alpha value is -5.34. The van der Waals surface area contributed by atoms with E-state index in [1.807, 2.05) is 54.2 Å². The second kappa shape index (κ2) is 28.0. The maximum atomic E-state index is 5.60. The maximum Gasteiger partial charge on any atom is 0.105 e. The number of aliphatic imine (C=N–C) groups is 3. The van der Waals surface area contributed by atoms with Gasteiger partial charge in [0.1, 0.15) is 30.2 Å². The largest absolute Gasteiger partial charge is 0.250 e. The SMILES string of the molecule is C=C1SC(=Nc2ccc(C)c(C/C(C)=C3\CC(C)/C(=C\Sc4ccccn4)C(=Nc4ccc(C)c(C/C(C)=C5\CC(C)/C(=C\Sc6cc(C)ccn6)C(=Nc6ccc(C)cc6)S5)c4)S3)c2C)/C(=C/Sc2cc(C)ccn2)CC1(CC)CC. The van der Waals surface area contributed by atoms with Gasteiger partial charge in [-0.1, -0.05) is 152 Å². The highest BCUT2D eigenvalue weighted by Gasteiger charge is 2.38. The molecule has 422 valence electrons. The summed E-state index contributed by atoms with van der Waals surface area (Å²) in [6.07, 6.45) is 12.2. The Morgan fingerprint density at radius 3 is 1.74 bits per heavy atom. The van der Waals surface area contributed by atoms with Crippen molar-refractivity contribution in [3.8, 4) is 0 Å². The molecule has 6 aromatic rings. The molecule has 0 N–H and O–H groups in total. The average Bonchev–Trinajstić information content (AvgIpc) is 3.62. The molecule has 9 rings (SSSR count). The molecule has 6 nitrogen and oxygen atoms in total. The first-order chi connectivity index (χ1) is 39.5. The lowest BCUT2D eigenvalue weighted by molar-refractivity contribution is 0.345. The first-order valence-corrected chi connectivity index (χ1v) is 33.5. The van der Waals surface area contributed by atoms with Crippen LogP contribution in [0.1, 0.15) is 118 Å². The minimum absolute atomic E-state index is 0.0364. The molecule has 0 bridgehead atoms. The van der Waals surface area contributed by atoms with E-state index in [0.717, 1.165) is 92.2 Å². The summed E-state index contributed by atoms with van der Waals surface area (Å²) in [7, 11) is 0. The van der Waals surface area contributed by atoms with Gasteiger partial charge in [0, 0.05) is 24.0 Å². The van der Waals surface area contributed by atoms with E-state index >= 15 is 0 Å². The van der Waals surface area contributed by atoms with Crippen molar-refractivity contribution in [2.24, 2.45) is 32.2 Å². The van der Waals surface area contributed by atoms with Crippen LogP contribution in [0.5, 0.6) is 0 Å². The highest BCUT2D eigenvalue weighted by molar-refractivity contribution is 8.18. The highest BCUT2D eigenvalue weighted by atomic mass is 32.2. The fourth-order valence-electron chi connectivity index (χ4n) is 10.4. The van der Waals surface area contributed by atoms with Crippen molar-refractivity contribution in [1.29, 1.82) is 0 Å². The van der Waals surface area contributed by atoms with E-state index in [4.69, 9.17) is 15.0 Å². The van der Waals surface area contributed by atoms with Gasteiger partial charge in [-0.25, -0.2) is 29.9 Å². The molecule has 0 spiro atoms. The summed E-state index contributed by atoms with van der Waals surface area (Å²) < 4.78 is 0. The minimum Gasteiger partial charge on any atom is -0.250 e. The lowest BCUT2D eigenvalue weighted by atomic mass is 9.76. The molecule has 0 aliphatic carbocycles. The van der Waals surface area contributed by atoms with Crippen LogP contribution in [-0.2, 0) is 12.8 Å². The van der Waals surface area contributed by atoms with E-state index in [1.165, 1.54) is 87.1 Å². The number of allylic oxidation sites excluding steroid dienone is 5. The van der Waals surface area contributed by atoms with Gasteiger partial charge in [0.2, 0.25) is 0 Å². The number of nitrogens with zero attached hydrogens (tertiary/aromatic N) is 6. The molecule has 82 heavy (non-hydrogen) atoms. The summed E-state index contributed by atoms with van der Waals surface area (Å²) in [4.78, 5) is 34.4. The Morgan fingerprint density at radius 2 is 1.15 bits per heavy atom. The Labute approximate surface area is 514 Å². The van der Waals surface area contributed by atoms with Crippen molar-refractivity contribution in [1.82, 2.24) is 15.0 Å². The van der Waals surface area contributed by atoms with Crippen LogP contribution in [0.3, 0.4) is 0 Å². The molecule has 3 fully saturated rings. The number of aryl methyl sites for hydroxylation is 5. The molecule has 0 saturated carbocycles. The molecule has 2 unspecified atom stereocenters. The van der Waals surface area contributed by atoms with E-state index in [9.17, 15) is 0 Å². The number of pyridine rings is 3.